The average molecular weight is 396 g/mol. The second kappa shape index (κ2) is 8.29. The molecule has 0 saturated heterocycles. The number of ether oxygens (including phenoxy) is 1. The molecule has 1 unspecified atom stereocenters. The highest BCUT2D eigenvalue weighted by atomic mass is 32.1. The Hall–Kier alpha value is -2.44. The fourth-order valence-corrected chi connectivity index (χ4v) is 3.80. The van der Waals surface area contributed by atoms with Gasteiger partial charge in [0, 0.05) is 31.9 Å². The summed E-state index contributed by atoms with van der Waals surface area (Å²) in [7, 11) is 3.72. The Labute approximate surface area is 171 Å². The van der Waals surface area contributed by atoms with Crippen LogP contribution in [0.4, 0.5) is 0 Å². The van der Waals surface area contributed by atoms with Crippen molar-refractivity contribution in [3.8, 4) is 5.75 Å². The first-order valence-electron chi connectivity index (χ1n) is 9.78. The fraction of sp³-hybridized carbons (Fsp3) is 0.364. The van der Waals surface area contributed by atoms with Gasteiger partial charge in [-0.15, -0.1) is 0 Å². The maximum atomic E-state index is 5.69. The van der Waals surface area contributed by atoms with Gasteiger partial charge in [0.25, 0.3) is 0 Å². The van der Waals surface area contributed by atoms with Crippen molar-refractivity contribution in [1.29, 1.82) is 0 Å². The third-order valence-electron chi connectivity index (χ3n) is 5.43. The molecule has 6 heteroatoms. The number of methoxy groups -OCH3 is 1. The normalized spacial score (nSPS) is 14.8. The fourth-order valence-electron chi connectivity index (χ4n) is 3.59. The highest BCUT2D eigenvalue weighted by Gasteiger charge is 2.34. The quantitative estimate of drug-likeness (QED) is 0.596. The van der Waals surface area contributed by atoms with E-state index in [4.69, 9.17) is 22.1 Å². The van der Waals surface area contributed by atoms with Gasteiger partial charge in [0.15, 0.2) is 6.67 Å². The predicted octanol–water partition coefficient (Wildman–Crippen LogP) is 2.76. The zero-order chi connectivity index (χ0) is 19.5. The van der Waals surface area contributed by atoms with Gasteiger partial charge >= 0.3 is 0 Å². The Morgan fingerprint density at radius 1 is 1.07 bits per heavy atom. The van der Waals surface area contributed by atoms with Crippen LogP contribution in [0.3, 0.4) is 0 Å². The smallest absolute Gasteiger partial charge is 0.202 e. The molecule has 4 rings (SSSR count). The molecule has 0 amide bonds. The first kappa shape index (κ1) is 18.9. The van der Waals surface area contributed by atoms with Crippen molar-refractivity contribution < 1.29 is 9.64 Å². The second-order valence-electron chi connectivity index (χ2n) is 7.54. The standard InChI is InChI=1S/C22H26N4OS/c1-24-21(14-17-6-4-3-5-7-17)23-26(22(24)28)16-25(19-10-11-19)15-18-8-12-20(27-2)13-9-18/h3-9,12-13,19H,10-11,14-16H2,1-2H3/p+1. The lowest BCUT2D eigenvalue weighted by Crippen LogP contribution is -3.11. The second-order valence-corrected chi connectivity index (χ2v) is 7.90. The van der Waals surface area contributed by atoms with Crippen LogP contribution in [0.2, 0.25) is 0 Å². The van der Waals surface area contributed by atoms with Gasteiger partial charge in [0.05, 0.1) is 13.2 Å². The highest BCUT2D eigenvalue weighted by molar-refractivity contribution is 7.71. The van der Waals surface area contributed by atoms with Gasteiger partial charge in [0.1, 0.15) is 18.1 Å². The molecule has 0 bridgehead atoms. The van der Waals surface area contributed by atoms with Crippen LogP contribution in [0.15, 0.2) is 54.6 Å². The topological polar surface area (TPSA) is 36.4 Å². The summed E-state index contributed by atoms with van der Waals surface area (Å²) in [5.41, 5.74) is 2.57. The van der Waals surface area contributed by atoms with E-state index < -0.39 is 0 Å². The number of benzene rings is 2. The highest BCUT2D eigenvalue weighted by Crippen LogP contribution is 2.17. The van der Waals surface area contributed by atoms with Crippen molar-refractivity contribution in [1.82, 2.24) is 14.3 Å². The van der Waals surface area contributed by atoms with Gasteiger partial charge in [-0.3, -0.25) is 0 Å². The lowest BCUT2D eigenvalue weighted by Gasteiger charge is -2.19. The molecule has 1 heterocycles. The van der Waals surface area contributed by atoms with E-state index in [1.807, 2.05) is 34.5 Å². The van der Waals surface area contributed by atoms with Crippen LogP contribution in [0.25, 0.3) is 0 Å². The Bertz CT molecular complexity index is 974. The molecule has 146 valence electrons. The molecular formula is C22H27N4OS+. The molecule has 3 aromatic rings. The minimum absolute atomic E-state index is 0.698. The van der Waals surface area contributed by atoms with E-state index in [0.717, 1.165) is 36.0 Å². The number of nitrogens with zero attached hydrogens (tertiary/aromatic N) is 3. The van der Waals surface area contributed by atoms with Gasteiger partial charge in [-0.05, 0) is 42.0 Å². The largest absolute Gasteiger partial charge is 0.497 e. The van der Waals surface area contributed by atoms with Gasteiger partial charge in [-0.2, -0.15) is 9.78 Å². The van der Waals surface area contributed by atoms with Gasteiger partial charge in [-0.1, -0.05) is 30.3 Å². The summed E-state index contributed by atoms with van der Waals surface area (Å²) in [6.45, 7) is 1.78. The van der Waals surface area contributed by atoms with Crippen LogP contribution < -0.4 is 9.64 Å². The van der Waals surface area contributed by atoms with Crippen LogP contribution in [0, 0.1) is 4.77 Å². The lowest BCUT2D eigenvalue weighted by molar-refractivity contribution is -0.947. The van der Waals surface area contributed by atoms with E-state index in [0.29, 0.717) is 6.04 Å². The number of rotatable bonds is 8. The van der Waals surface area contributed by atoms with Crippen LogP contribution in [0.1, 0.15) is 29.8 Å². The van der Waals surface area contributed by atoms with Gasteiger partial charge in [0.2, 0.25) is 4.77 Å². The molecular weight excluding hydrogens is 368 g/mol. The van der Waals surface area contributed by atoms with Crippen LogP contribution in [-0.4, -0.2) is 27.5 Å². The SMILES string of the molecule is COc1ccc(C[NH+](Cn2nc(Cc3ccccc3)n(C)c2=S)C2CC2)cc1. The first-order chi connectivity index (χ1) is 13.6. The zero-order valence-electron chi connectivity index (χ0n) is 16.5. The number of nitrogens with one attached hydrogen (secondary N) is 1. The number of quaternary nitrogens is 1. The van der Waals surface area contributed by atoms with Gasteiger partial charge < -0.3 is 14.2 Å². The molecule has 1 saturated carbocycles. The van der Waals surface area contributed by atoms with Crippen LogP contribution in [-0.2, 0) is 26.7 Å². The summed E-state index contributed by atoms with van der Waals surface area (Å²) in [4.78, 5) is 1.52. The minimum atomic E-state index is 0.698. The summed E-state index contributed by atoms with van der Waals surface area (Å²) >= 11 is 5.69. The van der Waals surface area contributed by atoms with Crippen LogP contribution >= 0.6 is 12.2 Å². The first-order valence-corrected chi connectivity index (χ1v) is 10.2. The molecule has 1 fully saturated rings. The van der Waals surface area contributed by atoms with Gasteiger partial charge in [-0.25, -0.2) is 0 Å². The lowest BCUT2D eigenvalue weighted by atomic mass is 10.1. The van der Waals surface area contributed by atoms with Crippen LogP contribution in [0.5, 0.6) is 5.75 Å². The Morgan fingerprint density at radius 2 is 1.79 bits per heavy atom. The van der Waals surface area contributed by atoms with Crippen molar-refractivity contribution in [3.05, 3.63) is 76.3 Å². The summed E-state index contributed by atoms with van der Waals surface area (Å²) in [5, 5.41) is 4.86. The van der Waals surface area contributed by atoms with Crippen molar-refractivity contribution in [3.63, 3.8) is 0 Å². The maximum absolute atomic E-state index is 5.69. The summed E-state index contributed by atoms with van der Waals surface area (Å²) in [6, 6.07) is 19.5. The molecule has 1 N–H and O–H groups in total. The summed E-state index contributed by atoms with van der Waals surface area (Å²) < 4.78 is 10.1. The summed E-state index contributed by atoms with van der Waals surface area (Å²) in [6.07, 6.45) is 3.36. The molecule has 1 aliphatic carbocycles. The maximum Gasteiger partial charge on any atom is 0.202 e. The summed E-state index contributed by atoms with van der Waals surface area (Å²) in [5.74, 6) is 1.91. The van der Waals surface area contributed by atoms with E-state index in [1.165, 1.54) is 28.9 Å². The molecule has 28 heavy (non-hydrogen) atoms. The molecule has 0 aliphatic heterocycles. The predicted molar refractivity (Wildman–Crippen MR) is 112 cm³/mol. The molecule has 5 nitrogen and oxygen atoms in total. The van der Waals surface area contributed by atoms with Crippen molar-refractivity contribution >= 4 is 12.2 Å². The minimum Gasteiger partial charge on any atom is -0.497 e. The third kappa shape index (κ3) is 4.34. The third-order valence-corrected chi connectivity index (χ3v) is 5.92. The number of hydrogen-bond donors (Lipinski definition) is 1. The van der Waals surface area contributed by atoms with E-state index in [9.17, 15) is 0 Å². The molecule has 1 aromatic heterocycles. The van der Waals surface area contributed by atoms with E-state index >= 15 is 0 Å². The molecule has 1 aliphatic rings. The van der Waals surface area contributed by atoms with E-state index in [2.05, 4.69) is 36.4 Å². The van der Waals surface area contributed by atoms with Crippen molar-refractivity contribution in [2.45, 2.75) is 38.5 Å². The van der Waals surface area contributed by atoms with Crippen molar-refractivity contribution in [2.75, 3.05) is 7.11 Å². The molecule has 2 aromatic carbocycles. The Balaban J connectivity index is 1.51. The van der Waals surface area contributed by atoms with E-state index in [-0.39, 0.29) is 0 Å². The van der Waals surface area contributed by atoms with E-state index in [1.54, 1.807) is 7.11 Å². The molecule has 0 radical (unpaired) electrons. The number of aromatic nitrogens is 3. The number of hydrogen-bond acceptors (Lipinski definition) is 3. The monoisotopic (exact) mass is 395 g/mol. The zero-order valence-corrected chi connectivity index (χ0v) is 17.3. The van der Waals surface area contributed by atoms with Crippen molar-refractivity contribution in [2.24, 2.45) is 7.05 Å². The Morgan fingerprint density at radius 3 is 2.43 bits per heavy atom. The molecule has 1 atom stereocenters. The Kier molecular flexibility index (Phi) is 5.59. The average Bonchev–Trinajstić information content (AvgIpc) is 3.54. The molecule has 0 spiro atoms.